The van der Waals surface area contributed by atoms with Crippen molar-refractivity contribution in [1.82, 2.24) is 0 Å². The number of carboxylic acid groups (broad SMARTS) is 2. The minimum absolute atomic E-state index is 0.00863. The number of unbranched alkanes of at least 4 members (excludes halogenated alkanes) is 1. The maximum atomic E-state index is 11.7. The normalized spacial score (nSPS) is 18.0. The number of carbonyl (C=O) groups excluding carboxylic acids is 2. The molecule has 23 heavy (non-hydrogen) atoms. The SMILES string of the molecule is O=C(O)CCCCC(=O)C=CC1=C(CCC(=O)O)C(=O)CC1O. The first-order valence-electron chi connectivity index (χ1n) is 7.40. The van der Waals surface area contributed by atoms with Gasteiger partial charge in [-0.15, -0.1) is 0 Å². The fourth-order valence-corrected chi connectivity index (χ4v) is 2.34. The van der Waals surface area contributed by atoms with Crippen molar-refractivity contribution < 1.29 is 34.5 Å². The fraction of sp³-hybridized carbons (Fsp3) is 0.500. The van der Waals surface area contributed by atoms with Crippen LogP contribution >= 0.6 is 0 Å². The van der Waals surface area contributed by atoms with E-state index in [0.717, 1.165) is 0 Å². The standard InChI is InChI=1S/C16H20O7/c17-10(3-1-2-4-15(20)21)5-6-11-12(7-8-16(22)23)14(19)9-13(11)18/h5-6,13,18H,1-4,7-9H2,(H,20,21)(H,22,23). The smallest absolute Gasteiger partial charge is 0.303 e. The lowest BCUT2D eigenvalue weighted by atomic mass is 10.0. The molecule has 0 aromatic rings. The van der Waals surface area contributed by atoms with Crippen LogP contribution < -0.4 is 0 Å². The van der Waals surface area contributed by atoms with Gasteiger partial charge in [-0.3, -0.25) is 19.2 Å². The molecule has 0 heterocycles. The Morgan fingerprint density at radius 2 is 1.65 bits per heavy atom. The second-order valence-electron chi connectivity index (χ2n) is 5.37. The van der Waals surface area contributed by atoms with E-state index >= 15 is 0 Å². The lowest BCUT2D eigenvalue weighted by Gasteiger charge is -2.04. The van der Waals surface area contributed by atoms with Crippen LogP contribution in [0.1, 0.15) is 44.9 Å². The molecule has 126 valence electrons. The van der Waals surface area contributed by atoms with Crippen LogP contribution in [-0.4, -0.2) is 44.9 Å². The second kappa shape index (κ2) is 8.99. The molecule has 1 unspecified atom stereocenters. The van der Waals surface area contributed by atoms with Gasteiger partial charge in [-0.25, -0.2) is 0 Å². The van der Waals surface area contributed by atoms with Gasteiger partial charge in [0.05, 0.1) is 6.10 Å². The molecule has 0 aromatic carbocycles. The van der Waals surface area contributed by atoms with Crippen LogP contribution in [-0.2, 0) is 19.2 Å². The van der Waals surface area contributed by atoms with Crippen molar-refractivity contribution in [2.45, 2.75) is 51.0 Å². The number of ketones is 2. The van der Waals surface area contributed by atoms with Crippen molar-refractivity contribution in [1.29, 1.82) is 0 Å². The Bertz CT molecular complexity index is 557. The summed E-state index contributed by atoms with van der Waals surface area (Å²) in [7, 11) is 0. The summed E-state index contributed by atoms with van der Waals surface area (Å²) in [5.74, 6) is -2.47. The lowest BCUT2D eigenvalue weighted by molar-refractivity contribution is -0.138. The third-order valence-electron chi connectivity index (χ3n) is 3.52. The van der Waals surface area contributed by atoms with Crippen LogP contribution in [0.4, 0.5) is 0 Å². The molecule has 1 atom stereocenters. The molecule has 3 N–H and O–H groups in total. The average Bonchev–Trinajstić information content (AvgIpc) is 2.72. The Kier molecular flexibility index (Phi) is 7.34. The Balaban J connectivity index is 2.62. The van der Waals surface area contributed by atoms with E-state index in [1.54, 1.807) is 0 Å². The predicted molar refractivity (Wildman–Crippen MR) is 79.8 cm³/mol. The molecular formula is C16H20O7. The molecule has 1 rings (SSSR count). The van der Waals surface area contributed by atoms with Crippen molar-refractivity contribution in [3.8, 4) is 0 Å². The van der Waals surface area contributed by atoms with Crippen LogP contribution in [0.5, 0.6) is 0 Å². The van der Waals surface area contributed by atoms with Crippen molar-refractivity contribution in [3.05, 3.63) is 23.3 Å². The molecule has 0 saturated heterocycles. The number of carboxylic acids is 2. The highest BCUT2D eigenvalue weighted by Crippen LogP contribution is 2.28. The van der Waals surface area contributed by atoms with Crippen LogP contribution in [0.3, 0.4) is 0 Å². The number of aliphatic carboxylic acids is 2. The number of carbonyl (C=O) groups is 4. The summed E-state index contributed by atoms with van der Waals surface area (Å²) in [5.41, 5.74) is 0.560. The number of aliphatic hydroxyl groups excluding tert-OH is 1. The number of rotatable bonds is 10. The molecule has 0 saturated carbocycles. The van der Waals surface area contributed by atoms with Crippen molar-refractivity contribution in [2.24, 2.45) is 0 Å². The molecule has 1 aliphatic rings. The predicted octanol–water partition coefficient (Wildman–Crippen LogP) is 1.25. The van der Waals surface area contributed by atoms with E-state index < -0.39 is 18.0 Å². The zero-order chi connectivity index (χ0) is 17.4. The first-order chi connectivity index (χ1) is 10.8. The Labute approximate surface area is 133 Å². The Hall–Kier alpha value is -2.28. The molecule has 7 nitrogen and oxygen atoms in total. The van der Waals surface area contributed by atoms with E-state index in [2.05, 4.69) is 0 Å². The van der Waals surface area contributed by atoms with Gasteiger partial charge in [0, 0.05) is 31.3 Å². The van der Waals surface area contributed by atoms with Gasteiger partial charge in [0.2, 0.25) is 0 Å². The van der Waals surface area contributed by atoms with E-state index in [-0.39, 0.29) is 49.2 Å². The minimum atomic E-state index is -1.04. The largest absolute Gasteiger partial charge is 0.481 e. The van der Waals surface area contributed by atoms with Crippen molar-refractivity contribution >= 4 is 23.5 Å². The number of hydrogen-bond donors (Lipinski definition) is 3. The molecular weight excluding hydrogens is 304 g/mol. The highest BCUT2D eigenvalue weighted by atomic mass is 16.4. The third kappa shape index (κ3) is 6.56. The van der Waals surface area contributed by atoms with E-state index in [4.69, 9.17) is 10.2 Å². The monoisotopic (exact) mass is 324 g/mol. The minimum Gasteiger partial charge on any atom is -0.481 e. The van der Waals surface area contributed by atoms with E-state index in [1.807, 2.05) is 0 Å². The molecule has 0 spiro atoms. The van der Waals surface area contributed by atoms with Gasteiger partial charge >= 0.3 is 11.9 Å². The van der Waals surface area contributed by atoms with Gasteiger partial charge in [-0.2, -0.15) is 0 Å². The molecule has 0 aliphatic heterocycles. The van der Waals surface area contributed by atoms with E-state index in [1.165, 1.54) is 12.2 Å². The average molecular weight is 324 g/mol. The van der Waals surface area contributed by atoms with Crippen LogP contribution in [0, 0.1) is 0 Å². The third-order valence-corrected chi connectivity index (χ3v) is 3.52. The Morgan fingerprint density at radius 3 is 2.26 bits per heavy atom. The molecule has 0 bridgehead atoms. The Morgan fingerprint density at radius 1 is 1.04 bits per heavy atom. The highest BCUT2D eigenvalue weighted by Gasteiger charge is 2.29. The zero-order valence-electron chi connectivity index (χ0n) is 12.7. The van der Waals surface area contributed by atoms with Crippen LogP contribution in [0.15, 0.2) is 23.3 Å². The summed E-state index contributed by atoms with van der Waals surface area (Å²) in [6, 6.07) is 0. The summed E-state index contributed by atoms with van der Waals surface area (Å²) in [4.78, 5) is 44.4. The quantitative estimate of drug-likeness (QED) is 0.407. The van der Waals surface area contributed by atoms with Crippen molar-refractivity contribution in [3.63, 3.8) is 0 Å². The molecule has 0 amide bonds. The summed E-state index contributed by atoms with van der Waals surface area (Å²) in [5, 5.41) is 27.0. The van der Waals surface area contributed by atoms with Crippen LogP contribution in [0.2, 0.25) is 0 Å². The zero-order valence-corrected chi connectivity index (χ0v) is 12.7. The fourth-order valence-electron chi connectivity index (χ4n) is 2.34. The topological polar surface area (TPSA) is 129 Å². The summed E-state index contributed by atoms with van der Waals surface area (Å²) < 4.78 is 0. The maximum Gasteiger partial charge on any atom is 0.303 e. The number of Topliss-reactive ketones (excluding diaryl/α,β-unsaturated/α-hetero) is 1. The summed E-state index contributed by atoms with van der Waals surface area (Å²) in [6.07, 6.45) is 2.37. The van der Waals surface area contributed by atoms with Crippen molar-refractivity contribution in [2.75, 3.05) is 0 Å². The molecule has 7 heteroatoms. The molecule has 1 aliphatic carbocycles. The van der Waals surface area contributed by atoms with E-state index in [9.17, 15) is 24.3 Å². The molecule has 0 aromatic heterocycles. The first kappa shape index (κ1) is 18.8. The van der Waals surface area contributed by atoms with Gasteiger partial charge in [-0.1, -0.05) is 6.08 Å². The molecule has 0 radical (unpaired) electrons. The van der Waals surface area contributed by atoms with Gasteiger partial charge in [-0.05, 0) is 30.9 Å². The maximum absolute atomic E-state index is 11.7. The van der Waals surface area contributed by atoms with E-state index in [0.29, 0.717) is 18.4 Å². The second-order valence-corrected chi connectivity index (χ2v) is 5.37. The lowest BCUT2D eigenvalue weighted by Crippen LogP contribution is -2.05. The number of hydrogen-bond acceptors (Lipinski definition) is 5. The van der Waals surface area contributed by atoms with Gasteiger partial charge in [0.25, 0.3) is 0 Å². The number of aliphatic hydroxyl groups is 1. The highest BCUT2D eigenvalue weighted by molar-refractivity contribution is 6.01. The van der Waals surface area contributed by atoms with Gasteiger partial charge < -0.3 is 15.3 Å². The summed E-state index contributed by atoms with van der Waals surface area (Å²) >= 11 is 0. The summed E-state index contributed by atoms with van der Waals surface area (Å²) in [6.45, 7) is 0. The number of allylic oxidation sites excluding steroid dienone is 2. The first-order valence-corrected chi connectivity index (χ1v) is 7.40. The molecule has 0 fully saturated rings. The van der Waals surface area contributed by atoms with Gasteiger partial charge in [0.1, 0.15) is 0 Å². The van der Waals surface area contributed by atoms with Gasteiger partial charge in [0.15, 0.2) is 11.6 Å². The van der Waals surface area contributed by atoms with Crippen LogP contribution in [0.25, 0.3) is 0 Å².